The Bertz CT molecular complexity index is 833. The molecule has 3 heterocycles. The minimum absolute atomic E-state index is 0. The summed E-state index contributed by atoms with van der Waals surface area (Å²) in [6.45, 7) is 0. The zero-order valence-electron chi connectivity index (χ0n) is 15.9. The van der Waals surface area contributed by atoms with Gasteiger partial charge in [0.15, 0.2) is 17.7 Å². The minimum atomic E-state index is -1.16. The van der Waals surface area contributed by atoms with Gasteiger partial charge in [0.05, 0.1) is 12.6 Å². The lowest BCUT2D eigenvalue weighted by Gasteiger charge is -2.16. The second-order valence-corrected chi connectivity index (χ2v) is 8.82. The lowest BCUT2D eigenvalue weighted by atomic mass is 10.1. The minimum Gasteiger partial charge on any atom is -1.00 e. The molecule has 172 valence electrons. The molecule has 7 N–H and O–H groups in total. The molecule has 0 spiro atoms. The first-order valence-electron chi connectivity index (χ1n) is 8.31. The number of hydrogen-bond acceptors (Lipinski definition) is 9. The molecule has 0 aliphatic carbocycles. The normalized spacial score (nSPS) is 24.9. The Kier molecular flexibility index (Phi) is 11.6. The first-order valence-corrected chi connectivity index (χ1v) is 10.3. The Morgan fingerprint density at radius 1 is 1.30 bits per heavy atom. The van der Waals surface area contributed by atoms with Crippen LogP contribution in [0.3, 0.4) is 0 Å². The third kappa shape index (κ3) is 5.98. The SMILES string of the molecule is C[S+](CC[C@H](N)C(=O)O)CC1OC(n2cnc3c(N)ncnc32)[C@@H](O)C1O.Cl.Cl.[Cl-]. The number of rotatable bonds is 7. The number of nitrogen functional groups attached to an aromatic ring is 1. The van der Waals surface area contributed by atoms with Gasteiger partial charge in [-0.05, 0) is 10.9 Å². The van der Waals surface area contributed by atoms with Crippen molar-refractivity contribution in [2.24, 2.45) is 5.73 Å². The first-order chi connectivity index (χ1) is 12.8. The topological polar surface area (TPSA) is 183 Å². The van der Waals surface area contributed by atoms with Gasteiger partial charge in [0.25, 0.3) is 0 Å². The molecule has 3 rings (SSSR count). The van der Waals surface area contributed by atoms with E-state index in [1.54, 1.807) is 0 Å². The van der Waals surface area contributed by atoms with E-state index in [-0.39, 0.29) is 53.9 Å². The fourth-order valence-electron chi connectivity index (χ4n) is 2.97. The zero-order chi connectivity index (χ0) is 19.7. The Morgan fingerprint density at radius 2 is 1.97 bits per heavy atom. The fourth-order valence-corrected chi connectivity index (χ4v) is 4.63. The molecule has 0 bridgehead atoms. The Hall–Kier alpha value is -1.12. The van der Waals surface area contributed by atoms with Crippen molar-refractivity contribution in [3.8, 4) is 0 Å². The summed E-state index contributed by atoms with van der Waals surface area (Å²) in [5.41, 5.74) is 12.1. The summed E-state index contributed by atoms with van der Waals surface area (Å²) < 4.78 is 7.41. The Labute approximate surface area is 194 Å². The van der Waals surface area contributed by atoms with E-state index in [0.717, 1.165) is 0 Å². The number of aliphatic carboxylic acids is 1. The maximum atomic E-state index is 10.8. The van der Waals surface area contributed by atoms with E-state index in [4.69, 9.17) is 21.3 Å². The molecule has 1 fully saturated rings. The second kappa shape index (κ2) is 12.1. The molecule has 30 heavy (non-hydrogen) atoms. The van der Waals surface area contributed by atoms with Gasteiger partial charge in [0, 0.05) is 6.42 Å². The summed E-state index contributed by atoms with van der Waals surface area (Å²) in [6, 6.07) is -0.907. The van der Waals surface area contributed by atoms with E-state index in [9.17, 15) is 15.0 Å². The number of nitrogens with two attached hydrogens (primary N) is 2. The summed E-state index contributed by atoms with van der Waals surface area (Å²) in [6.07, 6.45) is 1.31. The quantitative estimate of drug-likeness (QED) is 0.231. The van der Waals surface area contributed by atoms with Crippen LogP contribution >= 0.6 is 24.8 Å². The Balaban J connectivity index is 0.00000280. The van der Waals surface area contributed by atoms with E-state index in [1.807, 2.05) is 6.26 Å². The maximum Gasteiger partial charge on any atom is 0.320 e. The highest BCUT2D eigenvalue weighted by molar-refractivity contribution is 7.96. The van der Waals surface area contributed by atoms with Crippen molar-refractivity contribution in [1.29, 1.82) is 0 Å². The third-order valence-electron chi connectivity index (χ3n) is 4.54. The van der Waals surface area contributed by atoms with Crippen LogP contribution in [0.5, 0.6) is 0 Å². The number of aromatic nitrogens is 4. The molecular formula is C15H25Cl3N6O5S. The van der Waals surface area contributed by atoms with Crippen LogP contribution in [0.1, 0.15) is 12.6 Å². The van der Waals surface area contributed by atoms with Gasteiger partial charge in [-0.15, -0.1) is 24.8 Å². The number of hydrogen-bond donors (Lipinski definition) is 5. The van der Waals surface area contributed by atoms with Gasteiger partial charge in [-0.2, -0.15) is 0 Å². The molecule has 0 saturated carbocycles. The van der Waals surface area contributed by atoms with Crippen LogP contribution in [0, 0.1) is 0 Å². The highest BCUT2D eigenvalue weighted by Gasteiger charge is 2.46. The third-order valence-corrected chi connectivity index (χ3v) is 6.37. The van der Waals surface area contributed by atoms with Gasteiger partial charge in [-0.25, -0.2) is 15.0 Å². The molecule has 0 radical (unpaired) electrons. The number of nitrogens with zero attached hydrogens (tertiary/aromatic N) is 4. The fraction of sp³-hybridized carbons (Fsp3) is 0.600. The predicted octanol–water partition coefficient (Wildman–Crippen LogP) is -4.07. The number of halogens is 3. The summed E-state index contributed by atoms with van der Waals surface area (Å²) in [5.74, 6) is 0.254. The number of ether oxygens (including phenoxy) is 1. The van der Waals surface area contributed by atoms with Crippen molar-refractivity contribution in [3.05, 3.63) is 12.7 Å². The van der Waals surface area contributed by atoms with Crippen LogP contribution in [0.15, 0.2) is 12.7 Å². The van der Waals surface area contributed by atoms with Crippen LogP contribution in [-0.4, -0.2) is 82.9 Å². The maximum absolute atomic E-state index is 10.8. The number of aliphatic hydroxyl groups is 2. The molecule has 2 aromatic rings. The van der Waals surface area contributed by atoms with Gasteiger partial charge < -0.3 is 43.9 Å². The molecule has 11 nitrogen and oxygen atoms in total. The zero-order valence-corrected chi connectivity index (χ0v) is 19.1. The molecule has 4 unspecified atom stereocenters. The molecule has 1 saturated heterocycles. The average molecular weight is 508 g/mol. The predicted molar refractivity (Wildman–Crippen MR) is 113 cm³/mol. The highest BCUT2D eigenvalue weighted by Crippen LogP contribution is 2.32. The monoisotopic (exact) mass is 506 g/mol. The van der Waals surface area contributed by atoms with Crippen molar-refractivity contribution in [2.75, 3.05) is 23.5 Å². The number of fused-ring (bicyclic) bond motifs is 1. The molecule has 2 aromatic heterocycles. The van der Waals surface area contributed by atoms with E-state index in [0.29, 0.717) is 29.1 Å². The number of aliphatic hydroxyl groups excluding tert-OH is 2. The van der Waals surface area contributed by atoms with E-state index in [1.165, 1.54) is 17.2 Å². The second-order valence-electron chi connectivity index (χ2n) is 6.51. The van der Waals surface area contributed by atoms with Crippen molar-refractivity contribution in [1.82, 2.24) is 19.5 Å². The van der Waals surface area contributed by atoms with Crippen molar-refractivity contribution in [2.45, 2.75) is 37.0 Å². The summed E-state index contributed by atoms with van der Waals surface area (Å²) in [5, 5.41) is 29.7. The summed E-state index contributed by atoms with van der Waals surface area (Å²) in [4.78, 5) is 23.0. The number of carbonyl (C=O) groups is 1. The van der Waals surface area contributed by atoms with Gasteiger partial charge in [0.1, 0.15) is 47.7 Å². The molecule has 1 aliphatic rings. The van der Waals surface area contributed by atoms with Crippen molar-refractivity contribution in [3.63, 3.8) is 0 Å². The van der Waals surface area contributed by atoms with Crippen LogP contribution in [0.4, 0.5) is 5.82 Å². The molecule has 15 heteroatoms. The molecule has 1 aliphatic heterocycles. The van der Waals surface area contributed by atoms with Crippen molar-refractivity contribution < 1.29 is 37.3 Å². The van der Waals surface area contributed by atoms with Gasteiger partial charge >= 0.3 is 5.97 Å². The number of imidazole rings is 1. The van der Waals surface area contributed by atoms with E-state index >= 15 is 0 Å². The Morgan fingerprint density at radius 3 is 2.60 bits per heavy atom. The number of carboxylic acid groups (broad SMARTS) is 1. The summed E-state index contributed by atoms with van der Waals surface area (Å²) >= 11 is 0. The molecule has 0 aromatic carbocycles. The highest BCUT2D eigenvalue weighted by atomic mass is 35.5. The van der Waals surface area contributed by atoms with Crippen LogP contribution in [0.2, 0.25) is 0 Å². The smallest absolute Gasteiger partial charge is 0.320 e. The van der Waals surface area contributed by atoms with E-state index < -0.39 is 36.6 Å². The molecule has 6 atom stereocenters. The van der Waals surface area contributed by atoms with E-state index in [2.05, 4.69) is 15.0 Å². The van der Waals surface area contributed by atoms with Gasteiger partial charge in [0.2, 0.25) is 0 Å². The summed E-state index contributed by atoms with van der Waals surface area (Å²) in [7, 11) is -0.235. The molecule has 0 amide bonds. The number of carboxylic acids is 1. The van der Waals surface area contributed by atoms with Crippen LogP contribution in [0.25, 0.3) is 11.2 Å². The standard InChI is InChI=1S/C15H22N6O5S.3ClH/c1-27(3-2-7(16)15(24)25)4-8-10(22)11(23)14(26-8)21-6-20-9-12(17)18-5-19-13(9)21;;;/h5-8,10-11,14,22-23H,2-4,16H2,1H3,(H2-,17,18,19,24,25);3*1H/t7-,8?,10?,11-,14?,27?;;;/m0.../s1. The number of anilines is 1. The lowest BCUT2D eigenvalue weighted by molar-refractivity contribution is -0.138. The van der Waals surface area contributed by atoms with Crippen LogP contribution in [-0.2, 0) is 20.4 Å². The van der Waals surface area contributed by atoms with Gasteiger partial charge in [-0.1, -0.05) is 0 Å². The van der Waals surface area contributed by atoms with Crippen molar-refractivity contribution >= 4 is 58.7 Å². The van der Waals surface area contributed by atoms with Crippen LogP contribution < -0.4 is 23.9 Å². The van der Waals surface area contributed by atoms with Gasteiger partial charge in [-0.3, -0.25) is 9.36 Å². The largest absolute Gasteiger partial charge is 1.00 e. The lowest BCUT2D eigenvalue weighted by Crippen LogP contribution is -3.00. The first kappa shape index (κ1) is 28.9. The average Bonchev–Trinajstić information content (AvgIpc) is 3.17. The molecular weight excluding hydrogens is 483 g/mol.